The first kappa shape index (κ1) is 19.4. The Hall–Kier alpha value is -2.60. The molecule has 0 saturated carbocycles. The first-order valence-corrected chi connectivity index (χ1v) is 7.27. The average Bonchev–Trinajstić information content (AvgIpc) is 2.58. The van der Waals surface area contributed by atoms with E-state index in [0.29, 0.717) is 0 Å². The molecule has 0 spiro atoms. The van der Waals surface area contributed by atoms with E-state index in [1.807, 2.05) is 74.5 Å². The average molecular weight is 290 g/mol. The Labute approximate surface area is 135 Å². The van der Waals surface area contributed by atoms with Crippen LogP contribution in [0.2, 0.25) is 0 Å². The Morgan fingerprint density at radius 2 is 1.23 bits per heavy atom. The lowest BCUT2D eigenvalue weighted by atomic mass is 10.2. The van der Waals surface area contributed by atoms with Crippen LogP contribution in [0.4, 0.5) is 0 Å². The topological polar surface area (TPSA) is 0 Å². The molecule has 0 aromatic heterocycles. The normalized spacial score (nSPS) is 8.82. The van der Waals surface area contributed by atoms with Gasteiger partial charge in [-0.1, -0.05) is 110 Å². The summed E-state index contributed by atoms with van der Waals surface area (Å²) in [6, 6.07) is 20.3. The van der Waals surface area contributed by atoms with E-state index < -0.39 is 0 Å². The van der Waals surface area contributed by atoms with Gasteiger partial charge in [0.15, 0.2) is 0 Å². The maximum absolute atomic E-state index is 3.63. The van der Waals surface area contributed by atoms with E-state index in [1.165, 1.54) is 11.1 Å². The molecule has 0 bridgehead atoms. The summed E-state index contributed by atoms with van der Waals surface area (Å²) in [4.78, 5) is 0. The molecule has 0 unspecified atom stereocenters. The molecule has 0 nitrogen and oxygen atoms in total. The Kier molecular flexibility index (Phi) is 11.8. The van der Waals surface area contributed by atoms with E-state index in [9.17, 15) is 0 Å². The summed E-state index contributed by atoms with van der Waals surface area (Å²) in [5.41, 5.74) is 3.46. The second-order valence-corrected chi connectivity index (χ2v) is 4.58. The Morgan fingerprint density at radius 3 is 1.50 bits per heavy atom. The van der Waals surface area contributed by atoms with Crippen LogP contribution in [0.1, 0.15) is 25.0 Å². The summed E-state index contributed by atoms with van der Waals surface area (Å²) >= 11 is 0. The number of hydrogen-bond acceptors (Lipinski definition) is 0. The lowest BCUT2D eigenvalue weighted by molar-refractivity contribution is 1.58. The fraction of sp³-hybridized carbons (Fsp3) is 0.0909. The zero-order valence-corrected chi connectivity index (χ0v) is 13.7. The molecule has 0 heterocycles. The molecule has 2 aromatic carbocycles. The highest BCUT2D eigenvalue weighted by molar-refractivity contribution is 5.48. The summed E-state index contributed by atoms with van der Waals surface area (Å²) in [5, 5.41) is 0. The van der Waals surface area contributed by atoms with E-state index in [2.05, 4.69) is 37.9 Å². The van der Waals surface area contributed by atoms with Gasteiger partial charge in [0.25, 0.3) is 0 Å². The van der Waals surface area contributed by atoms with Gasteiger partial charge in [-0.25, -0.2) is 0 Å². The van der Waals surface area contributed by atoms with E-state index in [0.717, 1.165) is 5.57 Å². The van der Waals surface area contributed by atoms with Crippen molar-refractivity contribution in [2.45, 2.75) is 13.8 Å². The monoisotopic (exact) mass is 290 g/mol. The summed E-state index contributed by atoms with van der Waals surface area (Å²) in [5.74, 6) is 0. The van der Waals surface area contributed by atoms with Crippen LogP contribution < -0.4 is 0 Å². The van der Waals surface area contributed by atoms with Crippen LogP contribution in [0.3, 0.4) is 0 Å². The molecule has 0 aliphatic heterocycles. The lowest BCUT2D eigenvalue weighted by Gasteiger charge is -1.86. The SMILES string of the molecule is C=CC(=C)C.C=Cc1ccccc1.CC=Cc1ccccc1. The third-order valence-electron chi connectivity index (χ3n) is 2.54. The fourth-order valence-electron chi connectivity index (χ4n) is 1.35. The van der Waals surface area contributed by atoms with Crippen LogP contribution in [0, 0.1) is 0 Å². The molecule has 0 amide bonds. The summed E-state index contributed by atoms with van der Waals surface area (Å²) in [7, 11) is 0. The van der Waals surface area contributed by atoms with E-state index in [1.54, 1.807) is 6.08 Å². The molecule has 0 heteroatoms. The Morgan fingerprint density at radius 1 is 0.818 bits per heavy atom. The minimum atomic E-state index is 1.02. The smallest absolute Gasteiger partial charge is 0.0260 e. The van der Waals surface area contributed by atoms with Crippen molar-refractivity contribution >= 4 is 12.2 Å². The fourth-order valence-corrected chi connectivity index (χ4v) is 1.35. The third kappa shape index (κ3) is 11.2. The molecule has 0 radical (unpaired) electrons. The van der Waals surface area contributed by atoms with Gasteiger partial charge < -0.3 is 0 Å². The quantitative estimate of drug-likeness (QED) is 0.545. The van der Waals surface area contributed by atoms with Crippen molar-refractivity contribution < 1.29 is 0 Å². The van der Waals surface area contributed by atoms with E-state index in [4.69, 9.17) is 0 Å². The van der Waals surface area contributed by atoms with Crippen LogP contribution >= 0.6 is 0 Å². The Balaban J connectivity index is 0.000000315. The number of rotatable bonds is 3. The molecule has 114 valence electrons. The minimum absolute atomic E-state index is 1.02. The van der Waals surface area contributed by atoms with E-state index in [-0.39, 0.29) is 0 Å². The Bertz CT molecular complexity index is 560. The van der Waals surface area contributed by atoms with Crippen LogP contribution in [0.15, 0.2) is 98.1 Å². The van der Waals surface area contributed by atoms with Crippen molar-refractivity contribution in [3.8, 4) is 0 Å². The molecule has 0 aliphatic rings. The van der Waals surface area contributed by atoms with Crippen molar-refractivity contribution in [2.24, 2.45) is 0 Å². The standard InChI is InChI=1S/C9H10.C8H8.C5H8/c1-2-6-9-7-4-3-5-8-9;1-2-8-6-4-3-5-7-8;1-4-5(2)3/h2-8H,1H3;2-7H,1H2;4H,1-2H2,3H3. The predicted molar refractivity (Wildman–Crippen MR) is 103 cm³/mol. The second kappa shape index (κ2) is 13.4. The highest BCUT2D eigenvalue weighted by Gasteiger charge is 1.77. The summed E-state index contributed by atoms with van der Waals surface area (Å²) < 4.78 is 0. The van der Waals surface area contributed by atoms with Gasteiger partial charge in [0.05, 0.1) is 0 Å². The van der Waals surface area contributed by atoms with Crippen molar-refractivity contribution in [3.05, 3.63) is 109 Å². The van der Waals surface area contributed by atoms with Gasteiger partial charge >= 0.3 is 0 Å². The summed E-state index contributed by atoms with van der Waals surface area (Å²) in [6.07, 6.45) is 7.68. The van der Waals surface area contributed by atoms with Crippen LogP contribution in [-0.2, 0) is 0 Å². The molecule has 2 rings (SSSR count). The van der Waals surface area contributed by atoms with Crippen LogP contribution in [0.25, 0.3) is 12.2 Å². The van der Waals surface area contributed by atoms with Crippen LogP contribution in [-0.4, -0.2) is 0 Å². The molecule has 22 heavy (non-hydrogen) atoms. The van der Waals surface area contributed by atoms with Gasteiger partial charge in [0, 0.05) is 0 Å². The zero-order chi connectivity index (χ0) is 16.6. The highest BCUT2D eigenvalue weighted by Crippen LogP contribution is 1.99. The zero-order valence-electron chi connectivity index (χ0n) is 13.7. The molecule has 0 fully saturated rings. The first-order valence-electron chi connectivity index (χ1n) is 7.27. The highest BCUT2D eigenvalue weighted by atomic mass is 13.8. The van der Waals surface area contributed by atoms with Crippen molar-refractivity contribution in [3.63, 3.8) is 0 Å². The molecule has 0 atom stereocenters. The third-order valence-corrected chi connectivity index (χ3v) is 2.54. The van der Waals surface area contributed by atoms with Crippen molar-refractivity contribution in [1.82, 2.24) is 0 Å². The van der Waals surface area contributed by atoms with Crippen molar-refractivity contribution in [2.75, 3.05) is 0 Å². The summed E-state index contributed by atoms with van der Waals surface area (Å²) in [6.45, 7) is 14.6. The maximum atomic E-state index is 3.63. The predicted octanol–water partition coefficient (Wildman–Crippen LogP) is 6.80. The minimum Gasteiger partial charge on any atom is -0.0988 e. The van der Waals surface area contributed by atoms with Crippen molar-refractivity contribution in [1.29, 1.82) is 0 Å². The maximum Gasteiger partial charge on any atom is -0.0260 e. The van der Waals surface area contributed by atoms with E-state index >= 15 is 0 Å². The largest absolute Gasteiger partial charge is 0.0988 e. The van der Waals surface area contributed by atoms with Gasteiger partial charge in [-0.15, -0.1) is 0 Å². The van der Waals surface area contributed by atoms with Gasteiger partial charge in [-0.2, -0.15) is 0 Å². The van der Waals surface area contributed by atoms with Gasteiger partial charge in [-0.05, 0) is 25.0 Å². The molecular formula is C22H26. The van der Waals surface area contributed by atoms with Gasteiger partial charge in [0.2, 0.25) is 0 Å². The lowest BCUT2D eigenvalue weighted by Crippen LogP contribution is -1.65. The number of hydrogen-bond donors (Lipinski definition) is 0. The molecule has 0 aliphatic carbocycles. The van der Waals surface area contributed by atoms with Crippen LogP contribution in [0.5, 0.6) is 0 Å². The molecule has 0 N–H and O–H groups in total. The number of allylic oxidation sites excluding steroid dienone is 3. The number of benzene rings is 2. The molecular weight excluding hydrogens is 264 g/mol. The first-order chi connectivity index (χ1) is 10.6. The second-order valence-electron chi connectivity index (χ2n) is 4.58. The van der Waals surface area contributed by atoms with Gasteiger partial charge in [-0.3, -0.25) is 0 Å². The molecule has 2 aromatic rings. The molecule has 0 saturated heterocycles. The van der Waals surface area contributed by atoms with Gasteiger partial charge in [0.1, 0.15) is 0 Å².